The van der Waals surface area contributed by atoms with Crippen molar-refractivity contribution in [3.63, 3.8) is 0 Å². The van der Waals surface area contributed by atoms with Crippen LogP contribution in [0.15, 0.2) is 60.7 Å². The zero-order valence-corrected chi connectivity index (χ0v) is 15.6. The number of rotatable bonds is 3. The van der Waals surface area contributed by atoms with Crippen LogP contribution in [0.25, 0.3) is 6.08 Å². The lowest BCUT2D eigenvalue weighted by atomic mass is 9.86. The van der Waals surface area contributed by atoms with Crippen molar-refractivity contribution in [3.8, 4) is 0 Å². The number of allylic oxidation sites excluding steroid dienone is 1. The van der Waals surface area contributed by atoms with Crippen molar-refractivity contribution in [1.82, 2.24) is 5.32 Å². The first kappa shape index (κ1) is 16.6. The van der Waals surface area contributed by atoms with Crippen molar-refractivity contribution in [2.75, 3.05) is 18.0 Å². The number of hydrogen-bond acceptors (Lipinski definition) is 2. The molecule has 1 spiro atoms. The third-order valence-electron chi connectivity index (χ3n) is 6.74. The summed E-state index contributed by atoms with van der Waals surface area (Å²) in [4.78, 5) is 15.4. The second kappa shape index (κ2) is 6.56. The van der Waals surface area contributed by atoms with E-state index in [9.17, 15) is 4.79 Å². The van der Waals surface area contributed by atoms with Gasteiger partial charge in [-0.05, 0) is 54.4 Å². The third-order valence-corrected chi connectivity index (χ3v) is 6.74. The van der Waals surface area contributed by atoms with Crippen molar-refractivity contribution < 1.29 is 4.79 Å². The van der Waals surface area contributed by atoms with Gasteiger partial charge in [0.25, 0.3) is 0 Å². The molecule has 1 saturated heterocycles. The zero-order valence-electron chi connectivity index (χ0n) is 15.6. The summed E-state index contributed by atoms with van der Waals surface area (Å²) in [6.07, 6.45) is 8.57. The van der Waals surface area contributed by atoms with Gasteiger partial charge in [0, 0.05) is 24.8 Å². The Labute approximate surface area is 161 Å². The highest BCUT2D eigenvalue weighted by Crippen LogP contribution is 2.54. The van der Waals surface area contributed by atoms with Gasteiger partial charge >= 0.3 is 0 Å². The summed E-state index contributed by atoms with van der Waals surface area (Å²) in [5, 5.41) is 3.39. The number of carbonyl (C=O) groups is 1. The van der Waals surface area contributed by atoms with Gasteiger partial charge in [0.1, 0.15) is 0 Å². The Balaban J connectivity index is 1.21. The molecule has 3 aliphatic rings. The zero-order chi connectivity index (χ0) is 18.3. The lowest BCUT2D eigenvalue weighted by molar-refractivity contribution is -0.122. The summed E-state index contributed by atoms with van der Waals surface area (Å²) >= 11 is 0. The molecule has 1 aliphatic heterocycles. The van der Waals surface area contributed by atoms with Crippen molar-refractivity contribution in [2.24, 2.45) is 5.41 Å². The minimum absolute atomic E-state index is 0.0340. The molecule has 2 aromatic rings. The SMILES string of the molecule is O=C(NC1CC12CCN(c1ccccc1)CC2)C1CC=Cc2ccccc21. The van der Waals surface area contributed by atoms with Crippen LogP contribution in [0.2, 0.25) is 0 Å². The Hall–Kier alpha value is -2.55. The topological polar surface area (TPSA) is 32.3 Å². The van der Waals surface area contributed by atoms with E-state index in [0.717, 1.165) is 25.9 Å². The molecule has 0 bridgehead atoms. The van der Waals surface area contributed by atoms with Crippen LogP contribution in [0.3, 0.4) is 0 Å². The maximum Gasteiger partial charge on any atom is 0.228 e. The minimum atomic E-state index is -0.0340. The average molecular weight is 358 g/mol. The number of anilines is 1. The fraction of sp³-hybridized carbons (Fsp3) is 0.375. The van der Waals surface area contributed by atoms with Gasteiger partial charge in [0.2, 0.25) is 5.91 Å². The molecule has 2 atom stereocenters. The first-order chi connectivity index (χ1) is 13.3. The Bertz CT molecular complexity index is 865. The highest BCUT2D eigenvalue weighted by molar-refractivity contribution is 5.86. The van der Waals surface area contributed by atoms with Gasteiger partial charge in [-0.15, -0.1) is 0 Å². The Morgan fingerprint density at radius 3 is 2.56 bits per heavy atom. The molecule has 2 aliphatic carbocycles. The summed E-state index contributed by atoms with van der Waals surface area (Å²) in [6.45, 7) is 2.18. The number of hydrogen-bond donors (Lipinski definition) is 1. The van der Waals surface area contributed by atoms with Crippen LogP contribution in [-0.4, -0.2) is 25.0 Å². The smallest absolute Gasteiger partial charge is 0.228 e. The van der Waals surface area contributed by atoms with Crippen LogP contribution < -0.4 is 10.2 Å². The number of benzene rings is 2. The third kappa shape index (κ3) is 3.05. The molecule has 27 heavy (non-hydrogen) atoms. The monoisotopic (exact) mass is 358 g/mol. The molecule has 3 nitrogen and oxygen atoms in total. The molecule has 1 saturated carbocycles. The molecule has 3 heteroatoms. The Kier molecular flexibility index (Phi) is 4.04. The van der Waals surface area contributed by atoms with Gasteiger partial charge < -0.3 is 10.2 Å². The van der Waals surface area contributed by atoms with Crippen molar-refractivity contribution in [3.05, 3.63) is 71.8 Å². The summed E-state index contributed by atoms with van der Waals surface area (Å²) in [5.74, 6) is 0.174. The van der Waals surface area contributed by atoms with Crippen molar-refractivity contribution >= 4 is 17.7 Å². The number of nitrogens with zero attached hydrogens (tertiary/aromatic N) is 1. The fourth-order valence-electron chi connectivity index (χ4n) is 4.91. The summed E-state index contributed by atoms with van der Waals surface area (Å²) in [5.41, 5.74) is 4.01. The first-order valence-electron chi connectivity index (χ1n) is 10.1. The van der Waals surface area contributed by atoms with E-state index in [-0.39, 0.29) is 11.8 Å². The number of amides is 1. The molecule has 1 N–H and O–H groups in total. The van der Waals surface area contributed by atoms with Gasteiger partial charge in [-0.25, -0.2) is 0 Å². The van der Waals surface area contributed by atoms with E-state index in [4.69, 9.17) is 0 Å². The van der Waals surface area contributed by atoms with Crippen LogP contribution >= 0.6 is 0 Å². The van der Waals surface area contributed by atoms with Crippen LogP contribution in [-0.2, 0) is 4.79 Å². The van der Waals surface area contributed by atoms with Crippen LogP contribution in [0.4, 0.5) is 5.69 Å². The number of carbonyl (C=O) groups excluding carboxylic acids is 1. The lowest BCUT2D eigenvalue weighted by Gasteiger charge is -2.34. The number of para-hydroxylation sites is 1. The van der Waals surface area contributed by atoms with Crippen molar-refractivity contribution in [2.45, 2.75) is 37.6 Å². The normalized spacial score (nSPS) is 25.1. The molecule has 5 rings (SSSR count). The van der Waals surface area contributed by atoms with E-state index in [1.54, 1.807) is 0 Å². The number of piperidine rings is 1. The average Bonchev–Trinajstić information content (AvgIpc) is 3.39. The molecule has 0 radical (unpaired) electrons. The predicted molar refractivity (Wildman–Crippen MR) is 110 cm³/mol. The molecule has 0 aromatic heterocycles. The standard InChI is InChI=1S/C24H26N2O/c27-23(21-12-6-8-18-7-4-5-11-20(18)21)25-22-17-24(22)13-15-26(16-14-24)19-9-2-1-3-10-19/h1-11,21-22H,12-17H2,(H,25,27). The van der Waals surface area contributed by atoms with E-state index < -0.39 is 0 Å². The maximum atomic E-state index is 13.0. The molecule has 138 valence electrons. The Morgan fingerprint density at radius 1 is 1.00 bits per heavy atom. The van der Waals surface area contributed by atoms with E-state index in [0.29, 0.717) is 11.5 Å². The van der Waals surface area contributed by atoms with Crippen LogP contribution in [0.5, 0.6) is 0 Å². The highest BCUT2D eigenvalue weighted by atomic mass is 16.2. The van der Waals surface area contributed by atoms with Crippen molar-refractivity contribution in [1.29, 1.82) is 0 Å². The van der Waals surface area contributed by atoms with Gasteiger partial charge in [0.15, 0.2) is 0 Å². The number of fused-ring (bicyclic) bond motifs is 1. The maximum absolute atomic E-state index is 13.0. The van der Waals surface area contributed by atoms with Gasteiger partial charge in [-0.1, -0.05) is 54.6 Å². The molecular formula is C24H26N2O. The molecular weight excluding hydrogens is 332 g/mol. The van der Waals surface area contributed by atoms with Crippen LogP contribution in [0.1, 0.15) is 42.7 Å². The fourth-order valence-corrected chi connectivity index (χ4v) is 4.91. The lowest BCUT2D eigenvalue weighted by Crippen LogP contribution is -2.40. The first-order valence-corrected chi connectivity index (χ1v) is 10.1. The van der Waals surface area contributed by atoms with E-state index in [2.05, 4.69) is 64.8 Å². The van der Waals surface area contributed by atoms with Gasteiger partial charge in [0.05, 0.1) is 5.92 Å². The van der Waals surface area contributed by atoms with Gasteiger partial charge in [-0.3, -0.25) is 4.79 Å². The summed E-state index contributed by atoms with van der Waals surface area (Å²) in [6, 6.07) is 19.3. The molecule has 2 unspecified atom stereocenters. The quantitative estimate of drug-likeness (QED) is 0.884. The summed E-state index contributed by atoms with van der Waals surface area (Å²) in [7, 11) is 0. The highest BCUT2D eigenvalue weighted by Gasteiger charge is 2.55. The molecule has 1 heterocycles. The second-order valence-electron chi connectivity index (χ2n) is 8.27. The van der Waals surface area contributed by atoms with Gasteiger partial charge in [-0.2, -0.15) is 0 Å². The second-order valence-corrected chi connectivity index (χ2v) is 8.27. The number of nitrogens with one attached hydrogen (secondary N) is 1. The van der Waals surface area contributed by atoms with E-state index in [1.807, 2.05) is 12.1 Å². The Morgan fingerprint density at radius 2 is 1.74 bits per heavy atom. The van der Waals surface area contributed by atoms with E-state index in [1.165, 1.54) is 29.7 Å². The largest absolute Gasteiger partial charge is 0.371 e. The predicted octanol–water partition coefficient (Wildman–Crippen LogP) is 4.36. The summed E-state index contributed by atoms with van der Waals surface area (Å²) < 4.78 is 0. The molecule has 2 fully saturated rings. The molecule has 2 aromatic carbocycles. The minimum Gasteiger partial charge on any atom is -0.371 e. The molecule has 1 amide bonds. The van der Waals surface area contributed by atoms with Crippen LogP contribution in [0, 0.1) is 5.41 Å². The van der Waals surface area contributed by atoms with E-state index >= 15 is 0 Å².